The van der Waals surface area contributed by atoms with E-state index in [0.717, 1.165) is 149 Å². The average molecular weight is 1390 g/mol. The van der Waals surface area contributed by atoms with Gasteiger partial charge in [0.15, 0.2) is 5.82 Å². The van der Waals surface area contributed by atoms with Crippen molar-refractivity contribution in [3.05, 3.63) is 209 Å². The molecule has 0 spiro atoms. The Labute approximate surface area is 586 Å². The second-order valence-corrected chi connectivity index (χ2v) is 28.2. The summed E-state index contributed by atoms with van der Waals surface area (Å²) in [4.78, 5) is 87.9. The standard InChI is InChI=1S/C75H53N13O6S5/c1-40-13-23-46(24-14-40)86(60-33-31-58(95-60)54-35-52-53(63-65(54)82-97-80-63)36-57(68-64(52)81-98-84-68)78-67-50-11-7-8-12-51(50)70(89)71(67)90)48-27-19-43(20-28-48)17-18-44-21-29-49(30-22-44)87(47-25-15-41(2)16-26-47)61-34-32-59(96-61)56-38-77-72(69-66(56)83-99-85-69)79-62-42(3)55(37-76)73(91)88(74(62)92)75(93)94-39-45-9-5-4-6-10-45/h4-6,9-10,13-16,19-36,38,50-51H,7-8,11-12,17-18,39H2,1-3H3. The van der Waals surface area contributed by atoms with Crippen molar-refractivity contribution in [1.29, 1.82) is 5.26 Å². The molecule has 16 rings (SSSR count). The molecule has 3 aliphatic rings. The van der Waals surface area contributed by atoms with Crippen LogP contribution in [0.25, 0.3) is 64.8 Å². The molecule has 0 N–H and O–H groups in total. The topological polar surface area (TPSA) is 243 Å². The number of aliphatic imine (C=N–C) groups is 2. The average Bonchev–Trinajstić information content (AvgIpc) is 1.66. The maximum absolute atomic E-state index is 14.0. The highest BCUT2D eigenvalue weighted by Gasteiger charge is 2.48. The van der Waals surface area contributed by atoms with Gasteiger partial charge in [0.05, 0.1) is 46.6 Å². The minimum Gasteiger partial charge on any atom is -0.444 e. The smallest absolute Gasteiger partial charge is 0.424 e. The molecule has 1 aliphatic heterocycles. The second kappa shape index (κ2) is 26.1. The lowest BCUT2D eigenvalue weighted by Crippen LogP contribution is -2.50. The molecule has 0 bridgehead atoms. The summed E-state index contributed by atoms with van der Waals surface area (Å²) in [6, 6.07) is 57.4. The number of benzene rings is 7. The number of anilines is 6. The molecular weight excluding hydrogens is 1340 g/mol. The summed E-state index contributed by atoms with van der Waals surface area (Å²) in [6.45, 7) is 5.37. The molecule has 484 valence electrons. The molecule has 24 heteroatoms. The normalized spacial score (nSPS) is 16.5. The molecule has 2 fully saturated rings. The van der Waals surface area contributed by atoms with Crippen LogP contribution in [0.15, 0.2) is 191 Å². The predicted molar refractivity (Wildman–Crippen MR) is 390 cm³/mol. The molecule has 7 aromatic carbocycles. The van der Waals surface area contributed by atoms with Gasteiger partial charge in [0, 0.05) is 78.0 Å². The van der Waals surface area contributed by atoms with Gasteiger partial charge in [-0.3, -0.25) is 19.2 Å². The van der Waals surface area contributed by atoms with E-state index in [2.05, 4.69) is 164 Å². The van der Waals surface area contributed by atoms with Crippen LogP contribution < -0.4 is 9.80 Å². The highest BCUT2D eigenvalue weighted by molar-refractivity contribution is 7.20. The number of ether oxygens (including phenoxy) is 1. The first-order valence-electron chi connectivity index (χ1n) is 31.9. The Hall–Kier alpha value is -11.1. The van der Waals surface area contributed by atoms with Gasteiger partial charge in [0.2, 0.25) is 11.6 Å². The van der Waals surface area contributed by atoms with Gasteiger partial charge in [-0.1, -0.05) is 103 Å². The van der Waals surface area contributed by atoms with Crippen LogP contribution in [0.4, 0.5) is 49.1 Å². The zero-order valence-electron chi connectivity index (χ0n) is 53.1. The number of ketones is 2. The summed E-state index contributed by atoms with van der Waals surface area (Å²) in [5.41, 5.74) is 14.5. The molecule has 6 aromatic heterocycles. The number of pyridine rings is 1. The number of thiophene rings is 2. The van der Waals surface area contributed by atoms with E-state index in [4.69, 9.17) is 27.2 Å². The van der Waals surface area contributed by atoms with Crippen LogP contribution in [0, 0.1) is 37.0 Å². The molecule has 2 atom stereocenters. The van der Waals surface area contributed by atoms with E-state index in [-0.39, 0.29) is 41.3 Å². The Morgan fingerprint density at radius 1 is 0.566 bits per heavy atom. The number of fused-ring (bicyclic) bond motifs is 7. The van der Waals surface area contributed by atoms with Gasteiger partial charge in [-0.2, -0.15) is 36.4 Å². The fraction of sp³-hybridized carbons (Fsp3) is 0.160. The van der Waals surface area contributed by atoms with Crippen molar-refractivity contribution in [1.82, 2.24) is 36.1 Å². The van der Waals surface area contributed by atoms with Gasteiger partial charge in [-0.05, 0) is 148 Å². The quantitative estimate of drug-likeness (QED) is 0.0684. The Kier molecular flexibility index (Phi) is 16.5. The Morgan fingerprint density at radius 2 is 1.08 bits per heavy atom. The van der Waals surface area contributed by atoms with Crippen molar-refractivity contribution in [2.45, 2.75) is 65.9 Å². The summed E-state index contributed by atoms with van der Waals surface area (Å²) in [6.07, 6.45) is 5.39. The Bertz CT molecular complexity index is 5590. The van der Waals surface area contributed by atoms with Crippen molar-refractivity contribution < 1.29 is 28.7 Å². The van der Waals surface area contributed by atoms with Crippen LogP contribution in [0.5, 0.6) is 0 Å². The number of Topliss-reactive ketones (excluding diaryl/α,β-unsaturated/α-hetero) is 2. The highest BCUT2D eigenvalue weighted by atomic mass is 32.1. The van der Waals surface area contributed by atoms with Gasteiger partial charge in [0.25, 0.3) is 11.8 Å². The largest absolute Gasteiger partial charge is 0.444 e. The molecule has 99 heavy (non-hydrogen) atoms. The number of carbonyl (C=O) groups excluding carboxylic acids is 5. The molecule has 2 saturated carbocycles. The molecule has 2 aliphatic carbocycles. The number of hydrogen-bond acceptors (Lipinski definition) is 23. The summed E-state index contributed by atoms with van der Waals surface area (Å²) >= 11 is 6.41. The fourth-order valence-corrected chi connectivity index (χ4v) is 17.0. The minimum atomic E-state index is -1.24. The molecule has 7 heterocycles. The first kappa shape index (κ1) is 62.7. The first-order chi connectivity index (χ1) is 48.3. The highest BCUT2D eigenvalue weighted by Crippen LogP contribution is 2.48. The van der Waals surface area contributed by atoms with Crippen LogP contribution in [0.2, 0.25) is 0 Å². The summed E-state index contributed by atoms with van der Waals surface area (Å²) in [7, 11) is 0. The van der Waals surface area contributed by atoms with Crippen LogP contribution in [-0.4, -0.2) is 77.0 Å². The van der Waals surface area contributed by atoms with Crippen molar-refractivity contribution in [3.63, 3.8) is 0 Å². The lowest BCUT2D eigenvalue weighted by molar-refractivity contribution is -0.136. The van der Waals surface area contributed by atoms with E-state index in [1.165, 1.54) is 18.1 Å². The van der Waals surface area contributed by atoms with E-state index in [1.807, 2.05) is 18.2 Å². The Balaban J connectivity index is 0.640. The number of rotatable bonds is 15. The van der Waals surface area contributed by atoms with Gasteiger partial charge in [-0.25, -0.2) is 19.8 Å². The second-order valence-electron chi connectivity index (χ2n) is 24.5. The van der Waals surface area contributed by atoms with Gasteiger partial charge in [-0.15, -0.1) is 22.7 Å². The van der Waals surface area contributed by atoms with Crippen molar-refractivity contribution in [3.8, 4) is 27.0 Å². The number of nitrogens with zero attached hydrogens (tertiary/aromatic N) is 13. The molecule has 0 radical (unpaired) electrons. The van der Waals surface area contributed by atoms with Gasteiger partial charge >= 0.3 is 6.09 Å². The first-order valence-corrected chi connectivity index (χ1v) is 35.7. The zero-order chi connectivity index (χ0) is 67.6. The van der Waals surface area contributed by atoms with Crippen molar-refractivity contribution in [2.75, 3.05) is 9.80 Å². The maximum Gasteiger partial charge on any atom is 0.424 e. The molecule has 3 amide bonds. The summed E-state index contributed by atoms with van der Waals surface area (Å²) in [5, 5.41) is 13.7. The van der Waals surface area contributed by atoms with E-state index >= 15 is 0 Å². The number of nitriles is 1. The monoisotopic (exact) mass is 1390 g/mol. The van der Waals surface area contributed by atoms with Crippen LogP contribution >= 0.6 is 57.9 Å². The Morgan fingerprint density at radius 3 is 1.68 bits per heavy atom. The lowest BCUT2D eigenvalue weighted by Gasteiger charge is -2.24. The van der Waals surface area contributed by atoms with Crippen LogP contribution in [0.3, 0.4) is 0 Å². The zero-order valence-corrected chi connectivity index (χ0v) is 57.2. The van der Waals surface area contributed by atoms with Gasteiger partial charge in [0.1, 0.15) is 67.1 Å². The van der Waals surface area contributed by atoms with Gasteiger partial charge < -0.3 is 14.5 Å². The predicted octanol–water partition coefficient (Wildman–Crippen LogP) is 17.7. The van der Waals surface area contributed by atoms with E-state index in [9.17, 15) is 29.2 Å². The number of aryl methyl sites for hydroxylation is 4. The molecular formula is C75H53N13O6S5. The molecule has 13 aromatic rings. The third-order valence-electron chi connectivity index (χ3n) is 18.4. The van der Waals surface area contributed by atoms with E-state index in [1.54, 1.807) is 59.2 Å². The molecule has 19 nitrogen and oxygen atoms in total. The fourth-order valence-electron chi connectivity index (χ4n) is 13.2. The SMILES string of the molecule is CC1=C(C#N)C(=O)N(C(=O)OCc2ccccc2)C(=O)C1=Nc1ncc(-c2ccc(N(c3ccc(C)cc3)c3ccc(CCc4ccc(N(c5ccc(C)cc5)c5ccc(-c6cc7c(cc(N=C8C(=O)C(=O)C9CCCCC89)c8nsnc87)c7nsnc67)s5)cc4)cc3)s2)c2nsnc12. The van der Waals surface area contributed by atoms with Crippen molar-refractivity contribution in [2.24, 2.45) is 21.8 Å². The molecule has 2 unspecified atom stereocenters. The third kappa shape index (κ3) is 11.6. The number of hydrogen-bond donors (Lipinski definition) is 0. The van der Waals surface area contributed by atoms with Crippen LogP contribution in [0.1, 0.15) is 60.4 Å². The minimum absolute atomic E-state index is 0.0107. The van der Waals surface area contributed by atoms with Crippen LogP contribution in [-0.2, 0) is 43.4 Å². The lowest BCUT2D eigenvalue weighted by atomic mass is 9.81. The van der Waals surface area contributed by atoms with E-state index in [0.29, 0.717) is 55.0 Å². The number of imide groups is 3. The maximum atomic E-state index is 14.0. The number of amides is 3. The molecule has 0 saturated heterocycles. The third-order valence-corrected chi connectivity index (χ3v) is 22.2. The van der Waals surface area contributed by atoms with E-state index < -0.39 is 29.3 Å². The number of carbonyl (C=O) groups is 5. The number of aromatic nitrogens is 7. The summed E-state index contributed by atoms with van der Waals surface area (Å²) < 4.78 is 33.7. The summed E-state index contributed by atoms with van der Waals surface area (Å²) in [5.74, 6) is -3.39. The van der Waals surface area contributed by atoms with Crippen molar-refractivity contribution >= 4 is 187 Å².